The van der Waals surface area contributed by atoms with Crippen LogP contribution in [0.5, 0.6) is 0 Å². The summed E-state index contributed by atoms with van der Waals surface area (Å²) in [6, 6.07) is 20.0. The highest BCUT2D eigenvalue weighted by molar-refractivity contribution is 5.97. The predicted octanol–water partition coefficient (Wildman–Crippen LogP) is 5.21. The molecule has 0 unspecified atom stereocenters. The van der Waals surface area contributed by atoms with E-state index >= 15 is 0 Å². The molecule has 2 heterocycles. The number of hydrogen-bond donors (Lipinski definition) is 0. The summed E-state index contributed by atoms with van der Waals surface area (Å²) >= 11 is 0. The number of aromatic nitrogens is 2. The normalized spacial score (nSPS) is 13.6. The molecule has 0 aliphatic carbocycles. The first-order chi connectivity index (χ1) is 15.2. The first-order valence-corrected chi connectivity index (χ1v) is 10.9. The maximum atomic E-state index is 12.2. The van der Waals surface area contributed by atoms with Gasteiger partial charge in [0.25, 0.3) is 0 Å². The van der Waals surface area contributed by atoms with Gasteiger partial charge in [-0.2, -0.15) is 5.26 Å². The van der Waals surface area contributed by atoms with Gasteiger partial charge in [0.15, 0.2) is 5.78 Å². The van der Waals surface area contributed by atoms with E-state index in [2.05, 4.69) is 34.1 Å². The zero-order valence-corrected chi connectivity index (χ0v) is 17.6. The number of benzene rings is 2. The van der Waals surface area contributed by atoms with E-state index < -0.39 is 0 Å². The maximum absolute atomic E-state index is 12.2. The number of ketones is 1. The Kier molecular flexibility index (Phi) is 6.68. The number of piperidine rings is 1. The number of nitrogens with zero attached hydrogens (tertiary/aromatic N) is 4. The Morgan fingerprint density at radius 1 is 1.03 bits per heavy atom. The second kappa shape index (κ2) is 9.99. The number of anilines is 1. The average Bonchev–Trinajstić information content (AvgIpc) is 2.84. The Morgan fingerprint density at radius 3 is 2.61 bits per heavy atom. The van der Waals surface area contributed by atoms with E-state index in [4.69, 9.17) is 10.2 Å². The molecule has 0 radical (unpaired) electrons. The van der Waals surface area contributed by atoms with Crippen LogP contribution in [0.2, 0.25) is 0 Å². The molecule has 1 aliphatic heterocycles. The van der Waals surface area contributed by atoms with E-state index in [1.165, 1.54) is 30.5 Å². The molecule has 0 N–H and O–H groups in total. The van der Waals surface area contributed by atoms with Gasteiger partial charge in [-0.25, -0.2) is 9.97 Å². The SMILES string of the molecule is N#CCCC(=O)c1cccc(-c2ccnc(Cc3ccc(N4CCCCC4)cc3)n2)c1. The van der Waals surface area contributed by atoms with Crippen LogP contribution >= 0.6 is 0 Å². The van der Waals surface area contributed by atoms with Gasteiger partial charge in [0, 0.05) is 55.4 Å². The van der Waals surface area contributed by atoms with Crippen molar-refractivity contribution in [2.45, 2.75) is 38.5 Å². The van der Waals surface area contributed by atoms with Crippen LogP contribution in [0, 0.1) is 11.3 Å². The Hall–Kier alpha value is -3.52. The van der Waals surface area contributed by atoms with Crippen LogP contribution < -0.4 is 4.90 Å². The number of Topliss-reactive ketones (excluding diaryl/α,β-unsaturated/α-hetero) is 1. The van der Waals surface area contributed by atoms with Crippen molar-refractivity contribution in [3.63, 3.8) is 0 Å². The molecule has 0 saturated carbocycles. The summed E-state index contributed by atoms with van der Waals surface area (Å²) in [4.78, 5) is 23.9. The third-order valence-corrected chi connectivity index (χ3v) is 5.67. The van der Waals surface area contributed by atoms with E-state index in [0.717, 1.165) is 30.2 Å². The predicted molar refractivity (Wildman–Crippen MR) is 122 cm³/mol. The summed E-state index contributed by atoms with van der Waals surface area (Å²) in [5, 5.41) is 8.71. The molecule has 3 aromatic rings. The van der Waals surface area contributed by atoms with E-state index in [1.54, 1.807) is 12.3 Å². The maximum Gasteiger partial charge on any atom is 0.163 e. The quantitative estimate of drug-likeness (QED) is 0.500. The van der Waals surface area contributed by atoms with Crippen molar-refractivity contribution in [3.8, 4) is 17.3 Å². The lowest BCUT2D eigenvalue weighted by atomic mass is 10.0. The molecule has 5 nitrogen and oxygen atoms in total. The minimum Gasteiger partial charge on any atom is -0.372 e. The van der Waals surface area contributed by atoms with Crippen molar-refractivity contribution < 1.29 is 4.79 Å². The lowest BCUT2D eigenvalue weighted by molar-refractivity contribution is 0.0984. The molecule has 31 heavy (non-hydrogen) atoms. The fourth-order valence-electron chi connectivity index (χ4n) is 3.97. The highest BCUT2D eigenvalue weighted by Crippen LogP contribution is 2.22. The second-order valence-electron chi connectivity index (χ2n) is 7.91. The summed E-state index contributed by atoms with van der Waals surface area (Å²) in [7, 11) is 0. The van der Waals surface area contributed by atoms with E-state index in [9.17, 15) is 4.79 Å². The molecule has 0 spiro atoms. The lowest BCUT2D eigenvalue weighted by Crippen LogP contribution is -2.29. The molecule has 4 rings (SSSR count). The third kappa shape index (κ3) is 5.35. The Balaban J connectivity index is 1.47. The van der Waals surface area contributed by atoms with Crippen LogP contribution in [-0.4, -0.2) is 28.8 Å². The van der Waals surface area contributed by atoms with Crippen LogP contribution in [-0.2, 0) is 6.42 Å². The van der Waals surface area contributed by atoms with Crippen LogP contribution in [0.3, 0.4) is 0 Å². The number of carbonyl (C=O) groups is 1. The summed E-state index contributed by atoms with van der Waals surface area (Å²) in [5.74, 6) is 0.732. The number of rotatable bonds is 7. The zero-order chi connectivity index (χ0) is 21.5. The van der Waals surface area contributed by atoms with Gasteiger partial charge in [-0.15, -0.1) is 0 Å². The molecule has 2 aromatic carbocycles. The highest BCUT2D eigenvalue weighted by Gasteiger charge is 2.12. The minimum atomic E-state index is -0.0218. The average molecular weight is 411 g/mol. The van der Waals surface area contributed by atoms with Gasteiger partial charge in [-0.3, -0.25) is 4.79 Å². The fraction of sp³-hybridized carbons (Fsp3) is 0.308. The van der Waals surface area contributed by atoms with Gasteiger partial charge in [-0.05, 0) is 49.1 Å². The van der Waals surface area contributed by atoms with Crippen LogP contribution in [0.4, 0.5) is 5.69 Å². The molecule has 1 fully saturated rings. The third-order valence-electron chi connectivity index (χ3n) is 5.67. The molecule has 0 amide bonds. The van der Waals surface area contributed by atoms with Crippen molar-refractivity contribution in [2.24, 2.45) is 0 Å². The number of nitriles is 1. The monoisotopic (exact) mass is 410 g/mol. The van der Waals surface area contributed by atoms with Gasteiger partial charge < -0.3 is 4.90 Å². The molecule has 0 bridgehead atoms. The van der Waals surface area contributed by atoms with Gasteiger partial charge in [-0.1, -0.05) is 30.3 Å². The van der Waals surface area contributed by atoms with Crippen LogP contribution in [0.1, 0.15) is 53.8 Å². The van der Waals surface area contributed by atoms with Crippen molar-refractivity contribution in [1.29, 1.82) is 5.26 Å². The topological polar surface area (TPSA) is 69.9 Å². The van der Waals surface area contributed by atoms with Crippen molar-refractivity contribution in [1.82, 2.24) is 9.97 Å². The Morgan fingerprint density at radius 2 is 1.84 bits per heavy atom. The summed E-state index contributed by atoms with van der Waals surface area (Å²) in [6.45, 7) is 2.28. The lowest BCUT2D eigenvalue weighted by Gasteiger charge is -2.28. The van der Waals surface area contributed by atoms with Crippen LogP contribution in [0.25, 0.3) is 11.3 Å². The fourth-order valence-corrected chi connectivity index (χ4v) is 3.97. The molecule has 1 aliphatic rings. The van der Waals surface area contributed by atoms with Crippen molar-refractivity contribution in [2.75, 3.05) is 18.0 Å². The Labute approximate surface area is 183 Å². The molecule has 1 saturated heterocycles. The van der Waals surface area contributed by atoms with Gasteiger partial charge in [0.1, 0.15) is 5.82 Å². The van der Waals surface area contributed by atoms with Crippen LogP contribution in [0.15, 0.2) is 60.8 Å². The highest BCUT2D eigenvalue weighted by atomic mass is 16.1. The molecular weight excluding hydrogens is 384 g/mol. The van der Waals surface area contributed by atoms with Gasteiger partial charge in [0.2, 0.25) is 0 Å². The second-order valence-corrected chi connectivity index (χ2v) is 7.91. The smallest absolute Gasteiger partial charge is 0.163 e. The number of hydrogen-bond acceptors (Lipinski definition) is 5. The molecule has 5 heteroatoms. The molecule has 156 valence electrons. The van der Waals surface area contributed by atoms with Crippen molar-refractivity contribution >= 4 is 11.5 Å². The van der Waals surface area contributed by atoms with E-state index in [1.807, 2.05) is 30.3 Å². The standard InChI is InChI=1S/C26H26N4O/c27-14-5-8-25(31)22-7-4-6-21(19-22)24-13-15-28-26(29-24)18-20-9-11-23(12-10-20)30-16-2-1-3-17-30/h4,6-7,9-13,15,19H,1-3,5,8,16-18H2. The Bertz CT molecular complexity index is 1080. The van der Waals surface area contributed by atoms with Crippen molar-refractivity contribution in [3.05, 3.63) is 77.7 Å². The van der Waals surface area contributed by atoms with Gasteiger partial charge >= 0.3 is 0 Å². The van der Waals surface area contributed by atoms with E-state index in [0.29, 0.717) is 12.0 Å². The minimum absolute atomic E-state index is 0.0218. The van der Waals surface area contributed by atoms with E-state index in [-0.39, 0.29) is 18.6 Å². The summed E-state index contributed by atoms with van der Waals surface area (Å²) in [5.41, 5.74) is 4.76. The first-order valence-electron chi connectivity index (χ1n) is 10.9. The number of carbonyl (C=O) groups excluding carboxylic acids is 1. The largest absolute Gasteiger partial charge is 0.372 e. The molecule has 1 aromatic heterocycles. The summed E-state index contributed by atoms with van der Waals surface area (Å²) < 4.78 is 0. The van der Waals surface area contributed by atoms with Gasteiger partial charge in [0.05, 0.1) is 11.8 Å². The first kappa shape index (κ1) is 20.7. The molecule has 0 atom stereocenters. The summed E-state index contributed by atoms with van der Waals surface area (Å²) in [6.07, 6.45) is 6.78. The zero-order valence-electron chi connectivity index (χ0n) is 17.6. The molecular formula is C26H26N4O.